The highest BCUT2D eigenvalue weighted by Gasteiger charge is 2.32. The summed E-state index contributed by atoms with van der Waals surface area (Å²) < 4.78 is 5.41. The molecule has 1 fully saturated rings. The van der Waals surface area contributed by atoms with Crippen molar-refractivity contribution in [1.29, 1.82) is 0 Å². The van der Waals surface area contributed by atoms with E-state index >= 15 is 0 Å². The molecule has 0 amide bonds. The maximum Gasteiger partial charge on any atom is 0.182 e. The van der Waals surface area contributed by atoms with Gasteiger partial charge in [0.15, 0.2) is 5.13 Å². The van der Waals surface area contributed by atoms with Crippen LogP contribution in [0.25, 0.3) is 0 Å². The van der Waals surface area contributed by atoms with Crippen molar-refractivity contribution in [1.82, 2.24) is 10.3 Å². The third-order valence-corrected chi connectivity index (χ3v) is 4.49. The van der Waals surface area contributed by atoms with Crippen molar-refractivity contribution in [3.05, 3.63) is 11.1 Å². The van der Waals surface area contributed by atoms with Crippen molar-refractivity contribution >= 4 is 16.5 Å². The lowest BCUT2D eigenvalue weighted by Gasteiger charge is -2.37. The first kappa shape index (κ1) is 13.8. The lowest BCUT2D eigenvalue weighted by atomic mass is 9.79. The van der Waals surface area contributed by atoms with Gasteiger partial charge in [0.2, 0.25) is 0 Å². The van der Waals surface area contributed by atoms with Gasteiger partial charge in [0.05, 0.1) is 12.3 Å². The van der Waals surface area contributed by atoms with Crippen molar-refractivity contribution in [3.8, 4) is 0 Å². The minimum absolute atomic E-state index is 0.262. The molecule has 4 nitrogen and oxygen atoms in total. The number of aryl methyl sites for hydroxylation is 1. The van der Waals surface area contributed by atoms with Crippen molar-refractivity contribution < 1.29 is 4.74 Å². The second kappa shape index (κ2) is 6.50. The van der Waals surface area contributed by atoms with Crippen molar-refractivity contribution in [3.63, 3.8) is 0 Å². The summed E-state index contributed by atoms with van der Waals surface area (Å²) in [6, 6.07) is 0. The predicted octanol–water partition coefficient (Wildman–Crippen LogP) is 2.13. The normalized spacial score (nSPS) is 18.8. The van der Waals surface area contributed by atoms with Gasteiger partial charge in [0.25, 0.3) is 0 Å². The highest BCUT2D eigenvalue weighted by Crippen LogP contribution is 2.30. The van der Waals surface area contributed by atoms with E-state index in [-0.39, 0.29) is 5.41 Å². The number of aromatic nitrogens is 1. The molecule has 1 aliphatic heterocycles. The third-order valence-electron chi connectivity index (χ3n) is 3.64. The molecule has 0 unspecified atom stereocenters. The lowest BCUT2D eigenvalue weighted by Crippen LogP contribution is -2.44. The number of methoxy groups -OCH3 is 1. The summed E-state index contributed by atoms with van der Waals surface area (Å²) in [4.78, 5) is 4.56. The summed E-state index contributed by atoms with van der Waals surface area (Å²) in [5.41, 5.74) is 1.44. The topological polar surface area (TPSA) is 46.2 Å². The maximum atomic E-state index is 5.41. The molecule has 1 aromatic rings. The quantitative estimate of drug-likeness (QED) is 0.830. The number of rotatable bonds is 6. The zero-order valence-electron chi connectivity index (χ0n) is 11.3. The van der Waals surface area contributed by atoms with E-state index in [0.717, 1.165) is 37.8 Å². The van der Waals surface area contributed by atoms with Gasteiger partial charge < -0.3 is 15.4 Å². The lowest BCUT2D eigenvalue weighted by molar-refractivity contribution is 0.0636. The van der Waals surface area contributed by atoms with E-state index in [2.05, 4.69) is 27.9 Å². The van der Waals surface area contributed by atoms with Crippen molar-refractivity contribution in [2.24, 2.45) is 5.41 Å². The SMILES string of the molecule is CCc1csc(NCC2(COC)CCNCC2)n1. The molecule has 1 aliphatic rings. The molecule has 0 spiro atoms. The fraction of sp³-hybridized carbons (Fsp3) is 0.769. The molecule has 5 heteroatoms. The molecule has 18 heavy (non-hydrogen) atoms. The smallest absolute Gasteiger partial charge is 0.182 e. The summed E-state index contributed by atoms with van der Waals surface area (Å²) in [6.07, 6.45) is 3.34. The van der Waals surface area contributed by atoms with E-state index in [4.69, 9.17) is 4.74 Å². The molecular weight excluding hydrogens is 246 g/mol. The summed E-state index contributed by atoms with van der Waals surface area (Å²) in [5, 5.41) is 10.1. The Kier molecular flexibility index (Phi) is 4.97. The Morgan fingerprint density at radius 1 is 1.50 bits per heavy atom. The number of anilines is 1. The van der Waals surface area contributed by atoms with Crippen LogP contribution in [0.3, 0.4) is 0 Å². The van der Waals surface area contributed by atoms with Crippen LogP contribution in [0.5, 0.6) is 0 Å². The van der Waals surface area contributed by atoms with Gasteiger partial charge in [-0.3, -0.25) is 0 Å². The van der Waals surface area contributed by atoms with Gasteiger partial charge in [-0.05, 0) is 32.4 Å². The minimum Gasteiger partial charge on any atom is -0.384 e. The van der Waals surface area contributed by atoms with Crippen LogP contribution in [0, 0.1) is 5.41 Å². The first-order valence-electron chi connectivity index (χ1n) is 6.66. The number of ether oxygens (including phenoxy) is 1. The van der Waals surface area contributed by atoms with Gasteiger partial charge in [-0.25, -0.2) is 4.98 Å². The van der Waals surface area contributed by atoms with E-state index in [1.54, 1.807) is 18.4 Å². The summed E-state index contributed by atoms with van der Waals surface area (Å²) in [7, 11) is 1.79. The van der Waals surface area contributed by atoms with Gasteiger partial charge in [-0.1, -0.05) is 6.92 Å². The minimum atomic E-state index is 0.262. The molecule has 0 bridgehead atoms. The highest BCUT2D eigenvalue weighted by molar-refractivity contribution is 7.13. The zero-order chi connectivity index (χ0) is 12.8. The molecule has 1 aromatic heterocycles. The molecule has 2 rings (SSSR count). The van der Waals surface area contributed by atoms with Crippen molar-refractivity contribution in [2.45, 2.75) is 26.2 Å². The van der Waals surface area contributed by atoms with Gasteiger partial charge in [-0.2, -0.15) is 0 Å². The zero-order valence-corrected chi connectivity index (χ0v) is 12.1. The van der Waals surface area contributed by atoms with Crippen LogP contribution in [-0.2, 0) is 11.2 Å². The Morgan fingerprint density at radius 2 is 2.28 bits per heavy atom. The fourth-order valence-corrected chi connectivity index (χ4v) is 3.24. The van der Waals surface area contributed by atoms with Crippen molar-refractivity contribution in [2.75, 3.05) is 38.7 Å². The van der Waals surface area contributed by atoms with Crippen LogP contribution in [0.1, 0.15) is 25.5 Å². The van der Waals surface area contributed by atoms with Crippen LogP contribution >= 0.6 is 11.3 Å². The first-order valence-corrected chi connectivity index (χ1v) is 7.54. The summed E-state index contributed by atoms with van der Waals surface area (Å²) in [6.45, 7) is 6.09. The van der Waals surface area contributed by atoms with Crippen LogP contribution in [0.4, 0.5) is 5.13 Å². The van der Waals surface area contributed by atoms with Gasteiger partial charge >= 0.3 is 0 Å². The fourth-order valence-electron chi connectivity index (χ4n) is 2.45. The monoisotopic (exact) mass is 269 g/mol. The van der Waals surface area contributed by atoms with E-state index < -0.39 is 0 Å². The van der Waals surface area contributed by atoms with Gasteiger partial charge in [0.1, 0.15) is 0 Å². The second-order valence-corrected chi connectivity index (χ2v) is 5.89. The number of nitrogens with zero attached hydrogens (tertiary/aromatic N) is 1. The molecule has 2 N–H and O–H groups in total. The summed E-state index contributed by atoms with van der Waals surface area (Å²) in [5.74, 6) is 0. The molecule has 0 aliphatic carbocycles. The molecule has 0 aromatic carbocycles. The second-order valence-electron chi connectivity index (χ2n) is 5.03. The number of nitrogens with one attached hydrogen (secondary N) is 2. The molecule has 0 saturated carbocycles. The average Bonchev–Trinajstić information content (AvgIpc) is 2.86. The number of thiazole rings is 1. The van der Waals surface area contributed by atoms with Crippen LogP contribution in [0.15, 0.2) is 5.38 Å². The van der Waals surface area contributed by atoms with Gasteiger partial charge in [0, 0.05) is 24.4 Å². The first-order chi connectivity index (χ1) is 8.78. The molecular formula is C13H23N3OS. The molecule has 1 saturated heterocycles. The van der Waals surface area contributed by atoms with E-state index in [9.17, 15) is 0 Å². The van der Waals surface area contributed by atoms with E-state index in [1.807, 2.05) is 0 Å². The maximum absolute atomic E-state index is 5.41. The molecule has 0 atom stereocenters. The van der Waals surface area contributed by atoms with Crippen LogP contribution in [0.2, 0.25) is 0 Å². The molecule has 0 radical (unpaired) electrons. The Labute approximate surface area is 113 Å². The standard InChI is InChI=1S/C13H23N3OS/c1-3-11-8-18-12(16-11)15-9-13(10-17-2)4-6-14-7-5-13/h8,14H,3-7,9-10H2,1-2H3,(H,15,16). The molecule has 102 valence electrons. The highest BCUT2D eigenvalue weighted by atomic mass is 32.1. The number of piperidine rings is 1. The summed E-state index contributed by atoms with van der Waals surface area (Å²) >= 11 is 1.70. The number of hydrogen-bond donors (Lipinski definition) is 2. The predicted molar refractivity (Wildman–Crippen MR) is 76.4 cm³/mol. The number of hydrogen-bond acceptors (Lipinski definition) is 5. The Bertz CT molecular complexity index is 355. The van der Waals surface area contributed by atoms with Crippen LogP contribution < -0.4 is 10.6 Å². The van der Waals surface area contributed by atoms with E-state index in [1.165, 1.54) is 18.5 Å². The van der Waals surface area contributed by atoms with E-state index in [0.29, 0.717) is 0 Å². The molecule has 2 heterocycles. The average molecular weight is 269 g/mol. The third kappa shape index (κ3) is 3.43. The van der Waals surface area contributed by atoms with Gasteiger partial charge in [-0.15, -0.1) is 11.3 Å². The largest absolute Gasteiger partial charge is 0.384 e. The Balaban J connectivity index is 1.92. The van der Waals surface area contributed by atoms with Crippen LogP contribution in [-0.4, -0.2) is 38.3 Å². The Hall–Kier alpha value is -0.650. The Morgan fingerprint density at radius 3 is 2.89 bits per heavy atom.